The number of rotatable bonds is 2. The second kappa shape index (κ2) is 4.12. The van der Waals surface area contributed by atoms with Gasteiger partial charge in [-0.25, -0.2) is 9.78 Å². The van der Waals surface area contributed by atoms with Gasteiger partial charge < -0.3 is 4.98 Å². The molecule has 2 heterocycles. The van der Waals surface area contributed by atoms with E-state index in [1.807, 2.05) is 27.7 Å². The SMILES string of the molecule is CCCn1c(=O)[nH]c(=O)c2[nH]c(C(C)(C)C)nc21. The number of imidazole rings is 1. The molecule has 0 spiro atoms. The quantitative estimate of drug-likeness (QED) is 0.837. The molecule has 0 aliphatic heterocycles. The summed E-state index contributed by atoms with van der Waals surface area (Å²) >= 11 is 0. The lowest BCUT2D eigenvalue weighted by atomic mass is 9.96. The van der Waals surface area contributed by atoms with Gasteiger partial charge >= 0.3 is 5.69 Å². The van der Waals surface area contributed by atoms with Gasteiger partial charge in [0.25, 0.3) is 5.56 Å². The van der Waals surface area contributed by atoms with Gasteiger partial charge in [-0.2, -0.15) is 0 Å². The molecule has 2 aromatic heterocycles. The summed E-state index contributed by atoms with van der Waals surface area (Å²) in [6, 6.07) is 0. The summed E-state index contributed by atoms with van der Waals surface area (Å²) in [4.78, 5) is 33.3. The first-order valence-corrected chi connectivity index (χ1v) is 6.08. The lowest BCUT2D eigenvalue weighted by Crippen LogP contribution is -2.30. The number of fused-ring (bicyclic) bond motifs is 1. The monoisotopic (exact) mass is 250 g/mol. The fourth-order valence-electron chi connectivity index (χ4n) is 1.83. The molecule has 0 atom stereocenters. The van der Waals surface area contributed by atoms with Gasteiger partial charge in [0.05, 0.1) is 0 Å². The number of nitrogens with zero attached hydrogens (tertiary/aromatic N) is 2. The highest BCUT2D eigenvalue weighted by Crippen LogP contribution is 2.20. The highest BCUT2D eigenvalue weighted by molar-refractivity contribution is 5.69. The largest absolute Gasteiger partial charge is 0.336 e. The number of aromatic amines is 2. The van der Waals surface area contributed by atoms with E-state index in [4.69, 9.17) is 0 Å². The maximum atomic E-state index is 11.8. The van der Waals surface area contributed by atoms with Crippen molar-refractivity contribution in [3.63, 3.8) is 0 Å². The van der Waals surface area contributed by atoms with Gasteiger partial charge in [-0.15, -0.1) is 0 Å². The lowest BCUT2D eigenvalue weighted by Gasteiger charge is -2.13. The van der Waals surface area contributed by atoms with Crippen LogP contribution in [0.25, 0.3) is 11.2 Å². The zero-order valence-electron chi connectivity index (χ0n) is 11.1. The van der Waals surface area contributed by atoms with Gasteiger partial charge in [0.2, 0.25) is 0 Å². The number of nitrogens with one attached hydrogen (secondary N) is 2. The van der Waals surface area contributed by atoms with Gasteiger partial charge in [-0.3, -0.25) is 14.3 Å². The van der Waals surface area contributed by atoms with Crippen molar-refractivity contribution in [2.24, 2.45) is 0 Å². The average Bonchev–Trinajstić information content (AvgIpc) is 2.68. The minimum absolute atomic E-state index is 0.196. The molecule has 6 heteroatoms. The van der Waals surface area contributed by atoms with E-state index in [1.165, 1.54) is 4.57 Å². The molecule has 2 aromatic rings. The van der Waals surface area contributed by atoms with Crippen molar-refractivity contribution in [1.29, 1.82) is 0 Å². The van der Waals surface area contributed by atoms with E-state index in [-0.39, 0.29) is 5.41 Å². The van der Waals surface area contributed by atoms with E-state index in [9.17, 15) is 9.59 Å². The van der Waals surface area contributed by atoms with Gasteiger partial charge in [-0.05, 0) is 6.42 Å². The Morgan fingerprint density at radius 3 is 2.44 bits per heavy atom. The molecule has 0 saturated heterocycles. The highest BCUT2D eigenvalue weighted by Gasteiger charge is 2.21. The standard InChI is InChI=1S/C12H18N4O2/c1-5-6-16-8-7(9(17)15-11(16)18)13-10(14-8)12(2,3)4/h5-6H2,1-4H3,(H,13,14)(H,15,17,18). The van der Waals surface area contributed by atoms with Crippen molar-refractivity contribution in [3.8, 4) is 0 Å². The molecular formula is C12H18N4O2. The van der Waals surface area contributed by atoms with Crippen LogP contribution in [-0.4, -0.2) is 19.5 Å². The van der Waals surface area contributed by atoms with E-state index >= 15 is 0 Å². The molecule has 98 valence electrons. The third-order valence-corrected chi connectivity index (χ3v) is 2.79. The van der Waals surface area contributed by atoms with Crippen LogP contribution in [0.3, 0.4) is 0 Å². The topological polar surface area (TPSA) is 83.5 Å². The molecule has 0 fully saturated rings. The van der Waals surface area contributed by atoms with Gasteiger partial charge in [0.15, 0.2) is 5.65 Å². The molecule has 0 saturated carbocycles. The molecular weight excluding hydrogens is 232 g/mol. The Balaban J connectivity index is 2.82. The average molecular weight is 250 g/mol. The lowest BCUT2D eigenvalue weighted by molar-refractivity contribution is 0.553. The van der Waals surface area contributed by atoms with Crippen LogP contribution in [0.2, 0.25) is 0 Å². The third kappa shape index (κ3) is 1.98. The van der Waals surface area contributed by atoms with E-state index in [0.29, 0.717) is 23.5 Å². The molecule has 6 nitrogen and oxygen atoms in total. The summed E-state index contributed by atoms with van der Waals surface area (Å²) in [5.74, 6) is 0.707. The zero-order chi connectivity index (χ0) is 13.5. The van der Waals surface area contributed by atoms with Crippen LogP contribution < -0.4 is 11.2 Å². The summed E-state index contributed by atoms with van der Waals surface area (Å²) in [6.07, 6.45) is 0.804. The first-order chi connectivity index (χ1) is 8.34. The Bertz CT molecular complexity index is 685. The molecule has 2 rings (SSSR count). The summed E-state index contributed by atoms with van der Waals surface area (Å²) in [5.41, 5.74) is -0.200. The molecule has 0 aliphatic carbocycles. The Labute approximate surface area is 104 Å². The Kier molecular flexibility index (Phi) is 2.88. The highest BCUT2D eigenvalue weighted by atomic mass is 16.2. The molecule has 2 N–H and O–H groups in total. The molecule has 0 aliphatic rings. The van der Waals surface area contributed by atoms with E-state index in [1.54, 1.807) is 0 Å². The summed E-state index contributed by atoms with van der Waals surface area (Å²) in [7, 11) is 0. The molecule has 0 amide bonds. The van der Waals surface area contributed by atoms with Crippen molar-refractivity contribution < 1.29 is 0 Å². The van der Waals surface area contributed by atoms with Crippen LogP contribution >= 0.6 is 0 Å². The third-order valence-electron chi connectivity index (χ3n) is 2.79. The van der Waals surface area contributed by atoms with Gasteiger partial charge in [0, 0.05) is 12.0 Å². The molecule has 0 unspecified atom stereocenters. The summed E-state index contributed by atoms with van der Waals surface area (Å²) < 4.78 is 1.50. The minimum atomic E-state index is -0.412. The van der Waals surface area contributed by atoms with Crippen molar-refractivity contribution in [2.45, 2.75) is 46.1 Å². The van der Waals surface area contributed by atoms with Crippen molar-refractivity contribution >= 4 is 11.2 Å². The number of aromatic nitrogens is 4. The predicted octanol–water partition coefficient (Wildman–Crippen LogP) is 1.12. The normalized spacial score (nSPS) is 12.2. The summed E-state index contributed by atoms with van der Waals surface area (Å²) in [6.45, 7) is 8.52. The second-order valence-electron chi connectivity index (χ2n) is 5.44. The van der Waals surface area contributed by atoms with Crippen molar-refractivity contribution in [1.82, 2.24) is 19.5 Å². The number of H-pyrrole nitrogens is 2. The fourth-order valence-corrected chi connectivity index (χ4v) is 1.83. The van der Waals surface area contributed by atoms with E-state index in [2.05, 4.69) is 15.0 Å². The van der Waals surface area contributed by atoms with Gasteiger partial charge in [0.1, 0.15) is 11.3 Å². The van der Waals surface area contributed by atoms with Crippen LogP contribution in [0.1, 0.15) is 39.9 Å². The fraction of sp³-hybridized carbons (Fsp3) is 0.583. The van der Waals surface area contributed by atoms with Crippen LogP contribution in [-0.2, 0) is 12.0 Å². The molecule has 0 bridgehead atoms. The number of hydrogen-bond acceptors (Lipinski definition) is 3. The Morgan fingerprint density at radius 2 is 1.89 bits per heavy atom. The Morgan fingerprint density at radius 1 is 1.22 bits per heavy atom. The number of hydrogen-bond donors (Lipinski definition) is 2. The van der Waals surface area contributed by atoms with Gasteiger partial charge in [-0.1, -0.05) is 27.7 Å². The maximum absolute atomic E-state index is 11.8. The zero-order valence-corrected chi connectivity index (χ0v) is 11.1. The predicted molar refractivity (Wildman–Crippen MR) is 70.0 cm³/mol. The van der Waals surface area contributed by atoms with E-state index < -0.39 is 11.2 Å². The summed E-state index contributed by atoms with van der Waals surface area (Å²) in [5, 5.41) is 0. The van der Waals surface area contributed by atoms with Crippen LogP contribution in [0.4, 0.5) is 0 Å². The Hall–Kier alpha value is -1.85. The minimum Gasteiger partial charge on any atom is -0.336 e. The van der Waals surface area contributed by atoms with E-state index in [0.717, 1.165) is 6.42 Å². The first kappa shape index (κ1) is 12.6. The molecule has 0 radical (unpaired) electrons. The maximum Gasteiger partial charge on any atom is 0.330 e. The smallest absolute Gasteiger partial charge is 0.330 e. The van der Waals surface area contributed by atoms with Crippen molar-refractivity contribution in [3.05, 3.63) is 26.7 Å². The van der Waals surface area contributed by atoms with Crippen LogP contribution in [0, 0.1) is 0 Å². The molecule has 0 aromatic carbocycles. The first-order valence-electron chi connectivity index (χ1n) is 6.08. The second-order valence-corrected chi connectivity index (χ2v) is 5.44. The molecule has 18 heavy (non-hydrogen) atoms. The van der Waals surface area contributed by atoms with Crippen LogP contribution in [0.5, 0.6) is 0 Å². The van der Waals surface area contributed by atoms with Crippen molar-refractivity contribution in [2.75, 3.05) is 0 Å². The van der Waals surface area contributed by atoms with Crippen LogP contribution in [0.15, 0.2) is 9.59 Å². The number of aryl methyl sites for hydroxylation is 1.